The monoisotopic (exact) mass is 201 g/mol. The summed E-state index contributed by atoms with van der Waals surface area (Å²) >= 11 is 5.63. The molecule has 0 radical (unpaired) electrons. The van der Waals surface area contributed by atoms with Gasteiger partial charge in [0.25, 0.3) is 0 Å². The van der Waals surface area contributed by atoms with Crippen molar-refractivity contribution in [2.45, 2.75) is 13.3 Å². The Labute approximate surface area is 82.0 Å². The molecule has 0 amide bonds. The number of nitrogen functional groups attached to an aromatic ring is 1. The third-order valence-corrected chi connectivity index (χ3v) is 1.68. The van der Waals surface area contributed by atoms with Gasteiger partial charge >= 0.3 is 0 Å². The summed E-state index contributed by atoms with van der Waals surface area (Å²) in [4.78, 5) is 13.4. The Morgan fingerprint density at radius 2 is 2.08 bits per heavy atom. The molecule has 0 aromatic carbocycles. The molecule has 72 valence electrons. The summed E-state index contributed by atoms with van der Waals surface area (Å²) in [6.07, 6.45) is 1.01. The molecule has 6 heteroatoms. The van der Waals surface area contributed by atoms with Crippen molar-refractivity contribution in [3.8, 4) is 0 Å². The fraction of sp³-hybridized carbons (Fsp3) is 0.571. The molecule has 1 rings (SSSR count). The molecule has 0 saturated carbocycles. The standard InChI is InChI=1S/C7H12ClN5/c1-3-4-13(2)7-11-5(8)10-6(9)12-7/h3-4H2,1-2H3,(H2,9,10,11,12). The normalized spacial score (nSPS) is 10.1. The van der Waals surface area contributed by atoms with Crippen molar-refractivity contribution in [2.24, 2.45) is 0 Å². The van der Waals surface area contributed by atoms with Crippen LogP contribution < -0.4 is 10.6 Å². The van der Waals surface area contributed by atoms with Gasteiger partial charge in [-0.05, 0) is 18.0 Å². The number of anilines is 2. The fourth-order valence-corrected chi connectivity index (χ4v) is 1.12. The Morgan fingerprint density at radius 3 is 2.62 bits per heavy atom. The lowest BCUT2D eigenvalue weighted by atomic mass is 10.4. The van der Waals surface area contributed by atoms with Crippen LogP contribution in [-0.2, 0) is 0 Å². The van der Waals surface area contributed by atoms with Gasteiger partial charge in [-0.1, -0.05) is 6.92 Å². The van der Waals surface area contributed by atoms with Gasteiger partial charge in [-0.15, -0.1) is 0 Å². The molecule has 0 aliphatic rings. The van der Waals surface area contributed by atoms with Crippen LogP contribution in [0.3, 0.4) is 0 Å². The number of aromatic nitrogens is 3. The summed E-state index contributed by atoms with van der Waals surface area (Å²) in [7, 11) is 1.88. The lowest BCUT2D eigenvalue weighted by molar-refractivity contribution is 0.813. The summed E-state index contributed by atoms with van der Waals surface area (Å²) in [5, 5.41) is 0.130. The second-order valence-electron chi connectivity index (χ2n) is 2.68. The van der Waals surface area contributed by atoms with Gasteiger partial charge < -0.3 is 10.6 Å². The maximum atomic E-state index is 5.63. The summed E-state index contributed by atoms with van der Waals surface area (Å²) in [6.45, 7) is 2.93. The van der Waals surface area contributed by atoms with Crippen LogP contribution in [0.25, 0.3) is 0 Å². The van der Waals surface area contributed by atoms with Crippen LogP contribution >= 0.6 is 11.6 Å². The number of nitrogens with zero attached hydrogens (tertiary/aromatic N) is 4. The minimum Gasteiger partial charge on any atom is -0.368 e. The maximum absolute atomic E-state index is 5.63. The summed E-state index contributed by atoms with van der Waals surface area (Å²) in [6, 6.07) is 0. The second kappa shape index (κ2) is 4.23. The Kier molecular flexibility index (Phi) is 3.25. The Balaban J connectivity index is 2.87. The van der Waals surface area contributed by atoms with Crippen LogP contribution in [0.15, 0.2) is 0 Å². The molecule has 0 atom stereocenters. The first-order valence-corrected chi connectivity index (χ1v) is 4.39. The van der Waals surface area contributed by atoms with E-state index in [9.17, 15) is 0 Å². The van der Waals surface area contributed by atoms with E-state index in [0.29, 0.717) is 5.95 Å². The Morgan fingerprint density at radius 1 is 1.38 bits per heavy atom. The third-order valence-electron chi connectivity index (χ3n) is 1.51. The molecule has 0 spiro atoms. The zero-order valence-electron chi connectivity index (χ0n) is 7.66. The first-order chi connectivity index (χ1) is 6.13. The first-order valence-electron chi connectivity index (χ1n) is 4.01. The van der Waals surface area contributed by atoms with E-state index in [2.05, 4.69) is 21.9 Å². The average Bonchev–Trinajstić information content (AvgIpc) is 2.03. The van der Waals surface area contributed by atoms with E-state index in [1.54, 1.807) is 0 Å². The lowest BCUT2D eigenvalue weighted by Gasteiger charge is -2.15. The van der Waals surface area contributed by atoms with Crippen LogP contribution in [0, 0.1) is 0 Å². The van der Waals surface area contributed by atoms with Crippen LogP contribution in [0.5, 0.6) is 0 Å². The number of hydrogen-bond acceptors (Lipinski definition) is 5. The van der Waals surface area contributed by atoms with Crippen molar-refractivity contribution >= 4 is 23.5 Å². The average molecular weight is 202 g/mol. The predicted molar refractivity (Wildman–Crippen MR) is 52.8 cm³/mol. The SMILES string of the molecule is CCCN(C)c1nc(N)nc(Cl)n1. The van der Waals surface area contributed by atoms with E-state index in [1.165, 1.54) is 0 Å². The van der Waals surface area contributed by atoms with Crippen LogP contribution in [-0.4, -0.2) is 28.5 Å². The molecule has 1 aromatic heterocycles. The first kappa shape index (κ1) is 9.98. The van der Waals surface area contributed by atoms with Crippen LogP contribution in [0.1, 0.15) is 13.3 Å². The van der Waals surface area contributed by atoms with Gasteiger partial charge in [0.15, 0.2) is 0 Å². The summed E-state index contributed by atoms with van der Waals surface area (Å²) in [5.74, 6) is 0.664. The molecule has 0 saturated heterocycles. The highest BCUT2D eigenvalue weighted by molar-refractivity contribution is 6.28. The number of hydrogen-bond donors (Lipinski definition) is 1. The zero-order chi connectivity index (χ0) is 9.84. The van der Waals surface area contributed by atoms with Crippen LogP contribution in [0.4, 0.5) is 11.9 Å². The quantitative estimate of drug-likeness (QED) is 0.789. The molecule has 0 unspecified atom stereocenters. The molecule has 1 heterocycles. The van der Waals surface area contributed by atoms with E-state index < -0.39 is 0 Å². The van der Waals surface area contributed by atoms with E-state index in [-0.39, 0.29) is 11.2 Å². The molecule has 2 N–H and O–H groups in total. The molecule has 13 heavy (non-hydrogen) atoms. The molecule has 0 aliphatic heterocycles. The molecular formula is C7H12ClN5. The minimum absolute atomic E-state index is 0.130. The molecule has 5 nitrogen and oxygen atoms in total. The topological polar surface area (TPSA) is 67.9 Å². The van der Waals surface area contributed by atoms with Gasteiger partial charge in [0.1, 0.15) is 0 Å². The van der Waals surface area contributed by atoms with Crippen molar-refractivity contribution in [2.75, 3.05) is 24.2 Å². The predicted octanol–water partition coefficient (Wildman–Crippen LogP) is 0.953. The van der Waals surface area contributed by atoms with E-state index in [0.717, 1.165) is 13.0 Å². The van der Waals surface area contributed by atoms with Gasteiger partial charge in [-0.25, -0.2) is 0 Å². The van der Waals surface area contributed by atoms with Crippen molar-refractivity contribution < 1.29 is 0 Å². The third kappa shape index (κ3) is 2.69. The lowest BCUT2D eigenvalue weighted by Crippen LogP contribution is -2.21. The van der Waals surface area contributed by atoms with Crippen molar-refractivity contribution in [3.05, 3.63) is 5.28 Å². The van der Waals surface area contributed by atoms with E-state index in [4.69, 9.17) is 17.3 Å². The molecule has 0 aliphatic carbocycles. The highest BCUT2D eigenvalue weighted by Gasteiger charge is 2.06. The van der Waals surface area contributed by atoms with Gasteiger partial charge in [0.05, 0.1) is 0 Å². The van der Waals surface area contributed by atoms with Gasteiger partial charge in [0.2, 0.25) is 17.2 Å². The van der Waals surface area contributed by atoms with Gasteiger partial charge in [0, 0.05) is 13.6 Å². The highest BCUT2D eigenvalue weighted by atomic mass is 35.5. The highest BCUT2D eigenvalue weighted by Crippen LogP contribution is 2.10. The van der Waals surface area contributed by atoms with E-state index in [1.807, 2.05) is 11.9 Å². The zero-order valence-corrected chi connectivity index (χ0v) is 8.41. The Hall–Kier alpha value is -1.10. The minimum atomic E-state index is 0.130. The number of nitrogens with two attached hydrogens (primary N) is 1. The van der Waals surface area contributed by atoms with Crippen molar-refractivity contribution in [1.82, 2.24) is 15.0 Å². The Bertz CT molecular complexity index is 270. The van der Waals surface area contributed by atoms with Crippen LogP contribution in [0.2, 0.25) is 5.28 Å². The summed E-state index contributed by atoms with van der Waals surface area (Å²) in [5.41, 5.74) is 5.42. The van der Waals surface area contributed by atoms with E-state index >= 15 is 0 Å². The van der Waals surface area contributed by atoms with Crippen molar-refractivity contribution in [1.29, 1.82) is 0 Å². The molecule has 1 aromatic rings. The molecular weight excluding hydrogens is 190 g/mol. The smallest absolute Gasteiger partial charge is 0.231 e. The van der Waals surface area contributed by atoms with Gasteiger partial charge in [-0.2, -0.15) is 15.0 Å². The number of halogens is 1. The number of rotatable bonds is 3. The second-order valence-corrected chi connectivity index (χ2v) is 3.02. The van der Waals surface area contributed by atoms with Crippen molar-refractivity contribution in [3.63, 3.8) is 0 Å². The molecule has 0 bridgehead atoms. The maximum Gasteiger partial charge on any atom is 0.231 e. The fourth-order valence-electron chi connectivity index (χ4n) is 0.961. The largest absolute Gasteiger partial charge is 0.368 e. The van der Waals surface area contributed by atoms with Gasteiger partial charge in [-0.3, -0.25) is 0 Å². The summed E-state index contributed by atoms with van der Waals surface area (Å²) < 4.78 is 0. The molecule has 0 fully saturated rings.